The molecule has 1 aromatic rings. The fraction of sp³-hybridized carbons (Fsp3) is 0.538. The third-order valence-electron chi connectivity index (χ3n) is 3.07. The molecule has 0 radical (unpaired) electrons. The van der Waals surface area contributed by atoms with Crippen LogP contribution in [0.2, 0.25) is 0 Å². The van der Waals surface area contributed by atoms with Gasteiger partial charge in [0.25, 0.3) is 0 Å². The highest BCUT2D eigenvalue weighted by molar-refractivity contribution is 9.09. The fourth-order valence-corrected chi connectivity index (χ4v) is 2.81. The van der Waals surface area contributed by atoms with Crippen molar-refractivity contribution in [2.45, 2.75) is 26.2 Å². The molecule has 0 aliphatic heterocycles. The normalized spacial score (nSPS) is 18.1. The first kappa shape index (κ1) is 10.2. The summed E-state index contributed by atoms with van der Waals surface area (Å²) >= 11 is 3.63. The van der Waals surface area contributed by atoms with Crippen molar-refractivity contribution in [2.75, 3.05) is 5.33 Å². The number of benzene rings is 1. The van der Waals surface area contributed by atoms with E-state index in [-0.39, 0.29) is 0 Å². The van der Waals surface area contributed by atoms with Crippen LogP contribution < -0.4 is 0 Å². The van der Waals surface area contributed by atoms with Gasteiger partial charge in [-0.3, -0.25) is 0 Å². The van der Waals surface area contributed by atoms with Gasteiger partial charge in [-0.1, -0.05) is 45.8 Å². The minimum atomic E-state index is 0.858. The van der Waals surface area contributed by atoms with E-state index < -0.39 is 0 Å². The molecular weight excluding hydrogens is 236 g/mol. The van der Waals surface area contributed by atoms with Crippen molar-refractivity contribution in [2.24, 2.45) is 11.8 Å². The van der Waals surface area contributed by atoms with Crippen LogP contribution in [0.15, 0.2) is 24.3 Å². The average molecular weight is 253 g/mol. The highest BCUT2D eigenvalue weighted by Gasteiger charge is 2.30. The first-order valence-corrected chi connectivity index (χ1v) is 6.53. The van der Waals surface area contributed by atoms with E-state index in [1.807, 2.05) is 0 Å². The Morgan fingerprint density at radius 1 is 1.43 bits per heavy atom. The minimum Gasteiger partial charge on any atom is -0.0925 e. The first-order chi connectivity index (χ1) is 6.79. The standard InChI is InChI=1S/C13H17Br/c1-10-3-2-4-11(7-10)8-13(9-14)12-5-6-12/h2-4,7,12-13H,5-6,8-9H2,1H3. The van der Waals surface area contributed by atoms with Gasteiger partial charge < -0.3 is 0 Å². The molecule has 1 fully saturated rings. The van der Waals surface area contributed by atoms with Gasteiger partial charge in [0.2, 0.25) is 0 Å². The maximum atomic E-state index is 3.63. The van der Waals surface area contributed by atoms with Crippen molar-refractivity contribution >= 4 is 15.9 Å². The van der Waals surface area contributed by atoms with Gasteiger partial charge in [0.1, 0.15) is 0 Å². The van der Waals surface area contributed by atoms with Gasteiger partial charge in [-0.05, 0) is 43.6 Å². The molecule has 0 nitrogen and oxygen atoms in total. The van der Waals surface area contributed by atoms with E-state index in [2.05, 4.69) is 47.1 Å². The lowest BCUT2D eigenvalue weighted by atomic mass is 9.96. The summed E-state index contributed by atoms with van der Waals surface area (Å²) in [6.45, 7) is 2.17. The minimum absolute atomic E-state index is 0.858. The lowest BCUT2D eigenvalue weighted by molar-refractivity contribution is 0.519. The smallest absolute Gasteiger partial charge is 0.00654 e. The van der Waals surface area contributed by atoms with Crippen molar-refractivity contribution < 1.29 is 0 Å². The summed E-state index contributed by atoms with van der Waals surface area (Å²) in [5, 5.41) is 1.16. The molecule has 0 bridgehead atoms. The van der Waals surface area contributed by atoms with Crippen LogP contribution in [0.25, 0.3) is 0 Å². The maximum absolute atomic E-state index is 3.63. The summed E-state index contributed by atoms with van der Waals surface area (Å²) in [6.07, 6.45) is 4.14. The maximum Gasteiger partial charge on any atom is 0.00654 e. The van der Waals surface area contributed by atoms with Gasteiger partial charge in [-0.25, -0.2) is 0 Å². The summed E-state index contributed by atoms with van der Waals surface area (Å²) in [4.78, 5) is 0. The summed E-state index contributed by atoms with van der Waals surface area (Å²) in [6, 6.07) is 8.91. The van der Waals surface area contributed by atoms with Crippen LogP contribution in [0.4, 0.5) is 0 Å². The predicted molar refractivity (Wildman–Crippen MR) is 64.9 cm³/mol. The molecule has 14 heavy (non-hydrogen) atoms. The second-order valence-corrected chi connectivity index (χ2v) is 5.09. The van der Waals surface area contributed by atoms with E-state index in [0.29, 0.717) is 0 Å². The molecule has 0 amide bonds. The number of aryl methyl sites for hydroxylation is 1. The number of halogens is 1. The van der Waals surface area contributed by atoms with Crippen LogP contribution in [0.1, 0.15) is 24.0 Å². The zero-order valence-electron chi connectivity index (χ0n) is 8.67. The highest BCUT2D eigenvalue weighted by Crippen LogP contribution is 2.39. The first-order valence-electron chi connectivity index (χ1n) is 5.41. The van der Waals surface area contributed by atoms with Crippen molar-refractivity contribution in [3.8, 4) is 0 Å². The van der Waals surface area contributed by atoms with E-state index in [4.69, 9.17) is 0 Å². The second-order valence-electron chi connectivity index (χ2n) is 4.44. The summed E-state index contributed by atoms with van der Waals surface area (Å²) in [5.74, 6) is 1.85. The van der Waals surface area contributed by atoms with Gasteiger partial charge in [0.15, 0.2) is 0 Å². The van der Waals surface area contributed by atoms with Gasteiger partial charge in [-0.15, -0.1) is 0 Å². The topological polar surface area (TPSA) is 0 Å². The Hall–Kier alpha value is -0.300. The molecule has 1 aromatic carbocycles. The van der Waals surface area contributed by atoms with E-state index >= 15 is 0 Å². The Kier molecular flexibility index (Phi) is 3.27. The van der Waals surface area contributed by atoms with Crippen LogP contribution in [-0.4, -0.2) is 5.33 Å². The largest absolute Gasteiger partial charge is 0.0925 e. The molecule has 0 aromatic heterocycles. The quantitative estimate of drug-likeness (QED) is 0.712. The average Bonchev–Trinajstić information content (AvgIpc) is 2.97. The SMILES string of the molecule is Cc1cccc(CC(CBr)C2CC2)c1. The van der Waals surface area contributed by atoms with Crippen LogP contribution in [0.5, 0.6) is 0 Å². The van der Waals surface area contributed by atoms with Crippen LogP contribution in [0, 0.1) is 18.8 Å². The molecule has 2 rings (SSSR count). The van der Waals surface area contributed by atoms with Crippen molar-refractivity contribution in [1.29, 1.82) is 0 Å². The second kappa shape index (κ2) is 4.48. The third-order valence-corrected chi connectivity index (χ3v) is 3.90. The molecule has 0 saturated heterocycles. The fourth-order valence-electron chi connectivity index (χ4n) is 2.06. The van der Waals surface area contributed by atoms with Gasteiger partial charge in [-0.2, -0.15) is 0 Å². The number of hydrogen-bond acceptors (Lipinski definition) is 0. The molecule has 1 aliphatic rings. The van der Waals surface area contributed by atoms with E-state index in [0.717, 1.165) is 17.2 Å². The van der Waals surface area contributed by atoms with Crippen LogP contribution in [0.3, 0.4) is 0 Å². The highest BCUT2D eigenvalue weighted by atomic mass is 79.9. The molecule has 1 heteroatoms. The third kappa shape index (κ3) is 2.60. The van der Waals surface area contributed by atoms with Gasteiger partial charge >= 0.3 is 0 Å². The zero-order chi connectivity index (χ0) is 9.97. The Bertz CT molecular complexity index is 302. The van der Waals surface area contributed by atoms with Gasteiger partial charge in [0.05, 0.1) is 0 Å². The Morgan fingerprint density at radius 2 is 2.21 bits per heavy atom. The molecule has 1 saturated carbocycles. The van der Waals surface area contributed by atoms with Crippen molar-refractivity contribution in [1.82, 2.24) is 0 Å². The summed E-state index contributed by atoms with van der Waals surface area (Å²) in [5.41, 5.74) is 2.88. The molecule has 1 unspecified atom stereocenters. The molecular formula is C13H17Br. The summed E-state index contributed by atoms with van der Waals surface area (Å²) in [7, 11) is 0. The lowest BCUT2D eigenvalue weighted by Gasteiger charge is -2.12. The van der Waals surface area contributed by atoms with E-state index in [9.17, 15) is 0 Å². The molecule has 0 heterocycles. The number of alkyl halides is 1. The molecule has 0 N–H and O–H groups in total. The molecule has 0 spiro atoms. The number of rotatable bonds is 4. The Balaban J connectivity index is 2.01. The molecule has 1 aliphatic carbocycles. The van der Waals surface area contributed by atoms with Crippen molar-refractivity contribution in [3.63, 3.8) is 0 Å². The Labute approximate surface area is 94.8 Å². The lowest BCUT2D eigenvalue weighted by Crippen LogP contribution is -2.08. The summed E-state index contributed by atoms with van der Waals surface area (Å²) < 4.78 is 0. The molecule has 76 valence electrons. The molecule has 1 atom stereocenters. The van der Waals surface area contributed by atoms with Crippen LogP contribution in [-0.2, 0) is 6.42 Å². The zero-order valence-corrected chi connectivity index (χ0v) is 10.3. The monoisotopic (exact) mass is 252 g/mol. The Morgan fingerprint density at radius 3 is 2.79 bits per heavy atom. The van der Waals surface area contributed by atoms with Crippen molar-refractivity contribution in [3.05, 3.63) is 35.4 Å². The van der Waals surface area contributed by atoms with Gasteiger partial charge in [0, 0.05) is 5.33 Å². The van der Waals surface area contributed by atoms with E-state index in [1.54, 1.807) is 0 Å². The van der Waals surface area contributed by atoms with E-state index in [1.165, 1.54) is 30.4 Å². The van der Waals surface area contributed by atoms with Crippen LogP contribution >= 0.6 is 15.9 Å². The predicted octanol–water partition coefficient (Wildman–Crippen LogP) is 3.96. The number of hydrogen-bond donors (Lipinski definition) is 0.